The first-order chi connectivity index (χ1) is 13.5. The third-order valence-corrected chi connectivity index (χ3v) is 6.39. The summed E-state index contributed by atoms with van der Waals surface area (Å²) >= 11 is 6.23. The largest absolute Gasteiger partial charge is 0.331 e. The molecule has 4 heterocycles. The van der Waals surface area contributed by atoms with Crippen molar-refractivity contribution in [2.45, 2.75) is 31.8 Å². The summed E-state index contributed by atoms with van der Waals surface area (Å²) in [7, 11) is 2.13. The summed E-state index contributed by atoms with van der Waals surface area (Å²) in [5.74, 6) is 0.122. The van der Waals surface area contributed by atoms with Gasteiger partial charge in [0.2, 0.25) is 0 Å². The summed E-state index contributed by atoms with van der Waals surface area (Å²) in [5.41, 5.74) is 4.46. The van der Waals surface area contributed by atoms with Gasteiger partial charge in [-0.05, 0) is 62.3 Å². The van der Waals surface area contributed by atoms with Gasteiger partial charge in [0.15, 0.2) is 0 Å². The predicted molar refractivity (Wildman–Crippen MR) is 109 cm³/mol. The van der Waals surface area contributed by atoms with E-state index in [0.717, 1.165) is 48.3 Å². The van der Waals surface area contributed by atoms with Gasteiger partial charge in [-0.3, -0.25) is 14.6 Å². The van der Waals surface area contributed by atoms with Gasteiger partial charge in [-0.1, -0.05) is 11.6 Å². The van der Waals surface area contributed by atoms with Crippen molar-refractivity contribution in [3.05, 3.63) is 62.0 Å². The predicted octanol–water partition coefficient (Wildman–Crippen LogP) is 2.76. The fourth-order valence-corrected chi connectivity index (χ4v) is 4.75. The van der Waals surface area contributed by atoms with Gasteiger partial charge in [0.25, 0.3) is 11.5 Å². The molecule has 0 spiro atoms. The number of hydrogen-bond acceptors (Lipinski definition) is 4. The molecule has 0 bridgehead atoms. The summed E-state index contributed by atoms with van der Waals surface area (Å²) in [4.78, 5) is 36.9. The first-order valence-electron chi connectivity index (χ1n) is 9.61. The number of carbonyl (C=O) groups excluding carboxylic acids is 1. The number of aromatic nitrogens is 1. The van der Waals surface area contributed by atoms with Gasteiger partial charge in [-0.15, -0.1) is 0 Å². The van der Waals surface area contributed by atoms with Crippen LogP contribution in [0.4, 0.5) is 5.69 Å². The molecule has 1 aromatic carbocycles. The number of pyridine rings is 1. The van der Waals surface area contributed by atoms with E-state index in [4.69, 9.17) is 11.6 Å². The zero-order chi connectivity index (χ0) is 19.4. The second-order valence-electron chi connectivity index (χ2n) is 7.87. The van der Waals surface area contributed by atoms with Crippen LogP contribution in [0.2, 0.25) is 5.02 Å². The van der Waals surface area contributed by atoms with Crippen molar-refractivity contribution in [1.29, 1.82) is 0 Å². The third-order valence-electron chi connectivity index (χ3n) is 6.08. The molecule has 0 radical (unpaired) electrons. The van der Waals surface area contributed by atoms with Crippen LogP contribution in [-0.2, 0) is 13.0 Å². The van der Waals surface area contributed by atoms with E-state index in [1.807, 2.05) is 17.0 Å². The minimum Gasteiger partial charge on any atom is -0.331 e. The highest BCUT2D eigenvalue weighted by Crippen LogP contribution is 2.37. The molecule has 1 aromatic heterocycles. The Morgan fingerprint density at radius 2 is 1.96 bits per heavy atom. The lowest BCUT2D eigenvalue weighted by molar-refractivity contribution is 0.0617. The number of nitrogens with zero attached hydrogens (tertiary/aromatic N) is 3. The number of benzene rings is 1. The number of halogens is 1. The van der Waals surface area contributed by atoms with Gasteiger partial charge in [0.05, 0.1) is 22.0 Å². The van der Waals surface area contributed by atoms with Gasteiger partial charge in [0.1, 0.15) is 0 Å². The summed E-state index contributed by atoms with van der Waals surface area (Å²) in [6.45, 7) is 2.70. The molecule has 3 aliphatic heterocycles. The highest BCUT2D eigenvalue weighted by Gasteiger charge is 2.35. The number of amides is 1. The van der Waals surface area contributed by atoms with Crippen molar-refractivity contribution in [3.63, 3.8) is 0 Å². The van der Waals surface area contributed by atoms with Crippen LogP contribution in [0.5, 0.6) is 0 Å². The highest BCUT2D eigenvalue weighted by molar-refractivity contribution is 6.34. The normalized spacial score (nSPS) is 19.7. The molecule has 0 atom stereocenters. The number of hydrogen-bond donors (Lipinski definition) is 1. The second kappa shape index (κ2) is 6.57. The molecule has 1 N–H and O–H groups in total. The van der Waals surface area contributed by atoms with Gasteiger partial charge in [-0.2, -0.15) is 0 Å². The maximum absolute atomic E-state index is 13.0. The number of fused-ring (bicyclic) bond motifs is 2. The van der Waals surface area contributed by atoms with Gasteiger partial charge in [0, 0.05) is 30.8 Å². The Morgan fingerprint density at radius 3 is 2.71 bits per heavy atom. The van der Waals surface area contributed by atoms with E-state index in [0.29, 0.717) is 35.3 Å². The number of aromatic amines is 1. The maximum Gasteiger partial charge on any atom is 0.258 e. The Bertz CT molecular complexity index is 1070. The van der Waals surface area contributed by atoms with Crippen molar-refractivity contribution in [2.24, 2.45) is 4.99 Å². The van der Waals surface area contributed by atoms with Crippen molar-refractivity contribution >= 4 is 28.9 Å². The van der Waals surface area contributed by atoms with E-state index < -0.39 is 0 Å². The quantitative estimate of drug-likeness (QED) is 0.848. The Balaban J connectivity index is 1.44. The van der Waals surface area contributed by atoms with Crippen LogP contribution in [-0.4, -0.2) is 52.6 Å². The Kier molecular flexibility index (Phi) is 4.14. The molecule has 1 saturated heterocycles. The van der Waals surface area contributed by atoms with E-state index in [1.54, 1.807) is 6.07 Å². The van der Waals surface area contributed by atoms with Crippen LogP contribution >= 0.6 is 11.6 Å². The highest BCUT2D eigenvalue weighted by atomic mass is 35.5. The molecule has 1 amide bonds. The smallest absolute Gasteiger partial charge is 0.258 e. The van der Waals surface area contributed by atoms with Crippen LogP contribution in [0, 0.1) is 0 Å². The van der Waals surface area contributed by atoms with E-state index in [-0.39, 0.29) is 11.5 Å². The van der Waals surface area contributed by atoms with Crippen molar-refractivity contribution in [2.75, 3.05) is 20.1 Å². The monoisotopic (exact) mass is 396 g/mol. The molecular formula is C21H21ClN4O2. The van der Waals surface area contributed by atoms with Crippen LogP contribution in [0.25, 0.3) is 0 Å². The molecule has 0 unspecified atom stereocenters. The number of rotatable bonds is 2. The second-order valence-corrected chi connectivity index (χ2v) is 8.28. The average molecular weight is 397 g/mol. The van der Waals surface area contributed by atoms with Crippen molar-refractivity contribution < 1.29 is 4.79 Å². The number of likely N-dealkylation sites (tertiary alicyclic amines) is 1. The van der Waals surface area contributed by atoms with Gasteiger partial charge < -0.3 is 14.8 Å². The fourth-order valence-electron chi connectivity index (χ4n) is 4.50. The van der Waals surface area contributed by atoms with Crippen molar-refractivity contribution in [1.82, 2.24) is 14.8 Å². The number of aliphatic imine (C=N–C) groups is 1. The molecule has 1 fully saturated rings. The number of carbonyl (C=O) groups is 1. The lowest BCUT2D eigenvalue weighted by Crippen LogP contribution is -2.43. The standard InChI is InChI=1S/C21H21ClN4O2/c1-25-6-3-14(4-7-25)26-11-13-10-17-12(8-15(13)21(26)28)9-18(24-17)19-16(22)2-5-23-20(19)27/h2,5,8,10,14H,3-4,6-7,9,11H2,1H3,(H,23,27). The van der Waals surface area contributed by atoms with Crippen LogP contribution < -0.4 is 5.56 Å². The maximum atomic E-state index is 13.0. The number of nitrogens with one attached hydrogen (secondary N) is 1. The molecule has 28 heavy (non-hydrogen) atoms. The lowest BCUT2D eigenvalue weighted by Gasteiger charge is -2.34. The molecule has 0 aliphatic carbocycles. The van der Waals surface area contributed by atoms with Gasteiger partial charge >= 0.3 is 0 Å². The van der Waals surface area contributed by atoms with Crippen molar-refractivity contribution in [3.8, 4) is 0 Å². The van der Waals surface area contributed by atoms with E-state index in [9.17, 15) is 9.59 Å². The van der Waals surface area contributed by atoms with Crippen LogP contribution in [0.3, 0.4) is 0 Å². The fraction of sp³-hybridized carbons (Fsp3) is 0.381. The summed E-state index contributed by atoms with van der Waals surface area (Å²) in [6, 6.07) is 5.94. The van der Waals surface area contributed by atoms with Crippen LogP contribution in [0.1, 0.15) is 39.9 Å². The van der Waals surface area contributed by atoms with E-state index in [1.165, 1.54) is 6.20 Å². The zero-order valence-corrected chi connectivity index (χ0v) is 16.4. The van der Waals surface area contributed by atoms with Crippen LogP contribution in [0.15, 0.2) is 34.2 Å². The molecule has 6 nitrogen and oxygen atoms in total. The molecule has 5 rings (SSSR count). The Labute approximate surface area is 167 Å². The first kappa shape index (κ1) is 17.6. The number of piperidine rings is 1. The topological polar surface area (TPSA) is 68.8 Å². The van der Waals surface area contributed by atoms with E-state index >= 15 is 0 Å². The minimum absolute atomic E-state index is 0.122. The summed E-state index contributed by atoms with van der Waals surface area (Å²) in [6.07, 6.45) is 4.08. The Hall–Kier alpha value is -2.44. The lowest BCUT2D eigenvalue weighted by atomic mass is 10.0. The summed E-state index contributed by atoms with van der Waals surface area (Å²) < 4.78 is 0. The molecule has 144 valence electrons. The average Bonchev–Trinajstić information content (AvgIpc) is 3.21. The SMILES string of the molecule is CN1CCC(N2Cc3cc4c(cc3C2=O)CC(c2c(Cl)cc[nH]c2=O)=N4)CC1. The molecule has 3 aliphatic rings. The third kappa shape index (κ3) is 2.79. The zero-order valence-electron chi connectivity index (χ0n) is 15.7. The summed E-state index contributed by atoms with van der Waals surface area (Å²) in [5, 5.41) is 0.396. The number of H-pyrrole nitrogens is 1. The Morgan fingerprint density at radius 1 is 1.18 bits per heavy atom. The minimum atomic E-state index is -0.240. The van der Waals surface area contributed by atoms with Gasteiger partial charge in [-0.25, -0.2) is 0 Å². The molecule has 2 aromatic rings. The molecule has 7 heteroatoms. The molecular weight excluding hydrogens is 376 g/mol. The molecule has 0 saturated carbocycles. The van der Waals surface area contributed by atoms with E-state index in [2.05, 4.69) is 21.9 Å². The first-order valence-corrected chi connectivity index (χ1v) is 9.99.